The molecule has 6 nitrogen and oxygen atoms in total. The minimum atomic E-state index is -0.659. The van der Waals surface area contributed by atoms with E-state index in [4.69, 9.17) is 9.47 Å². The molecule has 0 aromatic heterocycles. The molecule has 2 heterocycles. The first-order valence-electron chi connectivity index (χ1n) is 9.59. The van der Waals surface area contributed by atoms with Crippen LogP contribution in [0, 0.1) is 6.92 Å². The Bertz CT molecular complexity index is 609. The van der Waals surface area contributed by atoms with Crippen LogP contribution in [-0.2, 0) is 20.8 Å². The van der Waals surface area contributed by atoms with Gasteiger partial charge in [-0.15, -0.1) is 0 Å². The Hall–Kier alpha value is -1.47. The lowest BCUT2D eigenvalue weighted by molar-refractivity contribution is -0.124. The number of nitrogens with one attached hydrogen (secondary N) is 2. The molecule has 5 unspecified atom stereocenters. The van der Waals surface area contributed by atoms with Crippen molar-refractivity contribution in [2.24, 2.45) is 0 Å². The number of carbonyl (C=O) groups is 1. The van der Waals surface area contributed by atoms with Gasteiger partial charge >= 0.3 is 0 Å². The number of fused-ring (bicyclic) bond motifs is 1. The molecule has 1 aromatic carbocycles. The zero-order valence-corrected chi connectivity index (χ0v) is 15.6. The summed E-state index contributed by atoms with van der Waals surface area (Å²) >= 11 is 0. The predicted octanol–water partition coefficient (Wildman–Crippen LogP) is 1.29. The Balaban J connectivity index is 1.42. The fourth-order valence-corrected chi connectivity index (χ4v) is 3.71. The Morgan fingerprint density at radius 1 is 1.31 bits per heavy atom. The molecule has 0 spiro atoms. The standard InChI is InChI=1S/C20H30N2O4/c1-3-8-22-18(23)10-15-9-16-20(25-15)19(24)17(26-16)12-21-11-14-7-5-4-6-13(14)2/h4-7,15-17,19-21,24H,3,8-12H2,1-2H3,(H,22,23). The second-order valence-electron chi connectivity index (χ2n) is 7.27. The van der Waals surface area contributed by atoms with Crippen LogP contribution < -0.4 is 10.6 Å². The van der Waals surface area contributed by atoms with Gasteiger partial charge in [0, 0.05) is 26.1 Å². The summed E-state index contributed by atoms with van der Waals surface area (Å²) in [7, 11) is 0. The summed E-state index contributed by atoms with van der Waals surface area (Å²) in [6.45, 7) is 6.12. The molecule has 3 rings (SSSR count). The number of benzene rings is 1. The summed E-state index contributed by atoms with van der Waals surface area (Å²) in [5.41, 5.74) is 2.49. The minimum Gasteiger partial charge on any atom is -0.388 e. The van der Waals surface area contributed by atoms with E-state index < -0.39 is 6.10 Å². The van der Waals surface area contributed by atoms with Gasteiger partial charge in [0.25, 0.3) is 0 Å². The first-order chi connectivity index (χ1) is 12.6. The molecule has 2 saturated heterocycles. The Morgan fingerprint density at radius 2 is 2.12 bits per heavy atom. The van der Waals surface area contributed by atoms with Gasteiger partial charge in [0.15, 0.2) is 0 Å². The third-order valence-electron chi connectivity index (χ3n) is 5.19. The van der Waals surface area contributed by atoms with Crippen LogP contribution in [0.1, 0.15) is 37.3 Å². The molecular weight excluding hydrogens is 332 g/mol. The van der Waals surface area contributed by atoms with E-state index in [-0.39, 0.29) is 30.3 Å². The zero-order chi connectivity index (χ0) is 18.5. The van der Waals surface area contributed by atoms with E-state index in [1.807, 2.05) is 19.1 Å². The molecule has 1 amide bonds. The van der Waals surface area contributed by atoms with Gasteiger partial charge in [0.2, 0.25) is 5.91 Å². The first-order valence-corrected chi connectivity index (χ1v) is 9.59. The van der Waals surface area contributed by atoms with Crippen LogP contribution in [0.5, 0.6) is 0 Å². The molecule has 5 atom stereocenters. The number of ether oxygens (including phenoxy) is 2. The number of aliphatic hydroxyl groups is 1. The highest BCUT2D eigenvalue weighted by molar-refractivity contribution is 5.76. The monoisotopic (exact) mass is 362 g/mol. The highest BCUT2D eigenvalue weighted by atomic mass is 16.6. The fraction of sp³-hybridized carbons (Fsp3) is 0.650. The number of hydrogen-bond acceptors (Lipinski definition) is 5. The average molecular weight is 362 g/mol. The van der Waals surface area contributed by atoms with Crippen molar-refractivity contribution in [1.29, 1.82) is 0 Å². The molecule has 144 valence electrons. The smallest absolute Gasteiger partial charge is 0.222 e. The molecule has 1 aromatic rings. The number of aryl methyl sites for hydroxylation is 1. The van der Waals surface area contributed by atoms with Crippen molar-refractivity contribution in [1.82, 2.24) is 10.6 Å². The lowest BCUT2D eigenvalue weighted by atomic mass is 10.1. The molecule has 2 aliphatic heterocycles. The largest absolute Gasteiger partial charge is 0.388 e. The summed E-state index contributed by atoms with van der Waals surface area (Å²) in [5, 5.41) is 16.7. The van der Waals surface area contributed by atoms with Crippen LogP contribution in [0.3, 0.4) is 0 Å². The highest BCUT2D eigenvalue weighted by Gasteiger charge is 2.50. The van der Waals surface area contributed by atoms with Crippen LogP contribution in [0.2, 0.25) is 0 Å². The third kappa shape index (κ3) is 4.62. The van der Waals surface area contributed by atoms with Gasteiger partial charge in [-0.1, -0.05) is 31.2 Å². The molecule has 0 saturated carbocycles. The van der Waals surface area contributed by atoms with Gasteiger partial charge in [0.1, 0.15) is 12.2 Å². The van der Waals surface area contributed by atoms with E-state index in [0.717, 1.165) is 13.0 Å². The summed E-state index contributed by atoms with van der Waals surface area (Å²) in [4.78, 5) is 11.8. The lowest BCUT2D eigenvalue weighted by Crippen LogP contribution is -2.39. The third-order valence-corrected chi connectivity index (χ3v) is 5.19. The molecule has 26 heavy (non-hydrogen) atoms. The molecular formula is C20H30N2O4. The van der Waals surface area contributed by atoms with E-state index in [1.165, 1.54) is 11.1 Å². The summed E-state index contributed by atoms with van der Waals surface area (Å²) in [6.07, 6.45) is 0.355. The number of amides is 1. The minimum absolute atomic E-state index is 0.00256. The van der Waals surface area contributed by atoms with E-state index in [0.29, 0.717) is 25.9 Å². The first kappa shape index (κ1) is 19.3. The van der Waals surface area contributed by atoms with Crippen LogP contribution >= 0.6 is 0 Å². The molecule has 0 aliphatic carbocycles. The molecule has 0 radical (unpaired) electrons. The van der Waals surface area contributed by atoms with Gasteiger partial charge in [0.05, 0.1) is 24.7 Å². The van der Waals surface area contributed by atoms with Crippen molar-refractivity contribution >= 4 is 5.91 Å². The maximum absolute atomic E-state index is 11.8. The van der Waals surface area contributed by atoms with E-state index in [9.17, 15) is 9.90 Å². The molecule has 2 aliphatic rings. The van der Waals surface area contributed by atoms with Gasteiger partial charge in [-0.2, -0.15) is 0 Å². The topological polar surface area (TPSA) is 79.8 Å². The van der Waals surface area contributed by atoms with Crippen LogP contribution in [-0.4, -0.2) is 54.6 Å². The van der Waals surface area contributed by atoms with E-state index in [2.05, 4.69) is 29.7 Å². The fourth-order valence-electron chi connectivity index (χ4n) is 3.71. The summed E-state index contributed by atoms with van der Waals surface area (Å²) in [6, 6.07) is 8.24. The van der Waals surface area contributed by atoms with E-state index in [1.54, 1.807) is 0 Å². The van der Waals surface area contributed by atoms with Crippen molar-refractivity contribution in [2.45, 2.75) is 70.2 Å². The SMILES string of the molecule is CCCNC(=O)CC1CC2OC(CNCc3ccccc3C)C(O)C2O1. The Labute approximate surface area is 155 Å². The van der Waals surface area contributed by atoms with Gasteiger partial charge in [-0.25, -0.2) is 0 Å². The number of aliphatic hydroxyl groups excluding tert-OH is 1. The normalized spacial score (nSPS) is 30.3. The maximum Gasteiger partial charge on any atom is 0.222 e. The van der Waals surface area contributed by atoms with Crippen LogP contribution in [0.25, 0.3) is 0 Å². The number of rotatable bonds is 8. The highest BCUT2D eigenvalue weighted by Crippen LogP contribution is 2.35. The van der Waals surface area contributed by atoms with Crippen molar-refractivity contribution in [2.75, 3.05) is 13.1 Å². The molecule has 2 fully saturated rings. The van der Waals surface area contributed by atoms with Crippen molar-refractivity contribution in [3.05, 3.63) is 35.4 Å². The molecule has 6 heteroatoms. The van der Waals surface area contributed by atoms with Gasteiger partial charge in [-0.05, 0) is 24.5 Å². The second kappa shape index (κ2) is 8.95. The van der Waals surface area contributed by atoms with Gasteiger partial charge in [-0.3, -0.25) is 4.79 Å². The number of hydrogen-bond donors (Lipinski definition) is 3. The molecule has 3 N–H and O–H groups in total. The van der Waals surface area contributed by atoms with Gasteiger partial charge < -0.3 is 25.2 Å². The van der Waals surface area contributed by atoms with E-state index >= 15 is 0 Å². The quantitative estimate of drug-likeness (QED) is 0.649. The van der Waals surface area contributed by atoms with Crippen LogP contribution in [0.4, 0.5) is 0 Å². The average Bonchev–Trinajstić information content (AvgIpc) is 3.14. The Kier molecular flexibility index (Phi) is 6.64. The van der Waals surface area contributed by atoms with Crippen molar-refractivity contribution < 1.29 is 19.4 Å². The predicted molar refractivity (Wildman–Crippen MR) is 98.7 cm³/mol. The Morgan fingerprint density at radius 3 is 2.85 bits per heavy atom. The number of carbonyl (C=O) groups excluding carboxylic acids is 1. The van der Waals surface area contributed by atoms with Crippen molar-refractivity contribution in [3.8, 4) is 0 Å². The maximum atomic E-state index is 11.8. The van der Waals surface area contributed by atoms with Crippen LogP contribution in [0.15, 0.2) is 24.3 Å². The summed E-state index contributed by atoms with van der Waals surface area (Å²) in [5.74, 6) is 0.00256. The second-order valence-corrected chi connectivity index (χ2v) is 7.27. The zero-order valence-electron chi connectivity index (χ0n) is 15.6. The van der Waals surface area contributed by atoms with Crippen molar-refractivity contribution in [3.63, 3.8) is 0 Å². The lowest BCUT2D eigenvalue weighted by Gasteiger charge is -2.20. The summed E-state index contributed by atoms with van der Waals surface area (Å²) < 4.78 is 11.9. The molecule has 0 bridgehead atoms.